The van der Waals surface area contributed by atoms with E-state index in [1.54, 1.807) is 12.1 Å². The summed E-state index contributed by atoms with van der Waals surface area (Å²) >= 11 is 0. The molecule has 0 unspecified atom stereocenters. The maximum Gasteiger partial charge on any atom is 0.341 e. The fourth-order valence-electron chi connectivity index (χ4n) is 4.16. The highest BCUT2D eigenvalue weighted by Gasteiger charge is 2.23. The van der Waals surface area contributed by atoms with Gasteiger partial charge in [-0.2, -0.15) is 5.10 Å². The molecular formula is C28H26N2O6. The Morgan fingerprint density at radius 3 is 2.47 bits per heavy atom. The Balaban J connectivity index is 1.59. The third kappa shape index (κ3) is 4.98. The van der Waals surface area contributed by atoms with Gasteiger partial charge in [0.05, 0.1) is 18.0 Å². The number of aryl methyl sites for hydroxylation is 2. The molecule has 0 radical (unpaired) electrons. The lowest BCUT2D eigenvalue weighted by Gasteiger charge is -2.12. The molecule has 0 saturated heterocycles. The zero-order valence-electron chi connectivity index (χ0n) is 19.8. The Bertz CT molecular complexity index is 1370. The third-order valence-corrected chi connectivity index (χ3v) is 5.80. The highest BCUT2D eigenvalue weighted by atomic mass is 16.7. The Hall–Kier alpha value is -4.46. The number of ether oxygens (including phenoxy) is 4. The van der Waals surface area contributed by atoms with Crippen molar-refractivity contribution in [2.45, 2.75) is 19.9 Å². The maximum atomic E-state index is 11.2. The molecule has 0 spiro atoms. The van der Waals surface area contributed by atoms with Gasteiger partial charge in [-0.05, 0) is 43.2 Å². The van der Waals surface area contributed by atoms with Crippen LogP contribution in [0.4, 0.5) is 0 Å². The zero-order chi connectivity index (χ0) is 24.9. The van der Waals surface area contributed by atoms with Crippen molar-refractivity contribution >= 4 is 5.97 Å². The number of hydrogen-bond donors (Lipinski definition) is 1. The quantitative estimate of drug-likeness (QED) is 0.335. The van der Waals surface area contributed by atoms with Crippen molar-refractivity contribution in [1.29, 1.82) is 0 Å². The number of carbonyl (C=O) groups is 1. The largest absolute Gasteiger partial charge is 0.493 e. The molecule has 1 aromatic heterocycles. The van der Waals surface area contributed by atoms with Crippen LogP contribution in [0.1, 0.15) is 12.5 Å². The molecule has 0 bridgehead atoms. The van der Waals surface area contributed by atoms with Crippen molar-refractivity contribution in [3.63, 3.8) is 0 Å². The monoisotopic (exact) mass is 486 g/mol. The molecule has 36 heavy (non-hydrogen) atoms. The Morgan fingerprint density at radius 2 is 1.69 bits per heavy atom. The van der Waals surface area contributed by atoms with Crippen LogP contribution in [-0.4, -0.2) is 40.9 Å². The second-order valence-corrected chi connectivity index (χ2v) is 8.19. The number of aliphatic carboxylic acids is 1. The summed E-state index contributed by atoms with van der Waals surface area (Å²) in [5.74, 6) is 1.12. The normalized spacial score (nSPS) is 11.9. The summed E-state index contributed by atoms with van der Waals surface area (Å²) in [6.07, 6.45) is 0.787. The van der Waals surface area contributed by atoms with Crippen LogP contribution in [-0.2, 0) is 17.8 Å². The van der Waals surface area contributed by atoms with Gasteiger partial charge in [0.1, 0.15) is 11.5 Å². The van der Waals surface area contributed by atoms with E-state index in [1.165, 1.54) is 5.56 Å². The maximum absolute atomic E-state index is 11.2. The number of carboxylic acids is 1. The highest BCUT2D eigenvalue weighted by molar-refractivity contribution is 5.78. The Labute approximate surface area is 208 Å². The lowest BCUT2D eigenvalue weighted by molar-refractivity contribution is -0.139. The van der Waals surface area contributed by atoms with E-state index in [-0.39, 0.29) is 6.79 Å². The topological polar surface area (TPSA) is 92.0 Å². The summed E-state index contributed by atoms with van der Waals surface area (Å²) in [7, 11) is 0. The molecular weight excluding hydrogens is 460 g/mol. The smallest absolute Gasteiger partial charge is 0.341 e. The first kappa shape index (κ1) is 23.3. The van der Waals surface area contributed by atoms with E-state index >= 15 is 0 Å². The molecule has 8 nitrogen and oxygen atoms in total. The van der Waals surface area contributed by atoms with Crippen LogP contribution in [0.2, 0.25) is 0 Å². The molecule has 0 amide bonds. The number of fused-ring (bicyclic) bond motifs is 1. The average Bonchev–Trinajstić information content (AvgIpc) is 3.53. The number of hydrogen-bond acceptors (Lipinski definition) is 6. The Morgan fingerprint density at radius 1 is 0.944 bits per heavy atom. The molecule has 1 aliphatic heterocycles. The van der Waals surface area contributed by atoms with E-state index in [4.69, 9.17) is 24.0 Å². The van der Waals surface area contributed by atoms with Crippen molar-refractivity contribution in [1.82, 2.24) is 9.78 Å². The van der Waals surface area contributed by atoms with E-state index in [0.717, 1.165) is 23.4 Å². The molecule has 184 valence electrons. The lowest BCUT2D eigenvalue weighted by Crippen LogP contribution is -2.10. The first-order valence-corrected chi connectivity index (χ1v) is 11.7. The van der Waals surface area contributed by atoms with Crippen molar-refractivity contribution in [3.05, 3.63) is 78.4 Å². The minimum Gasteiger partial charge on any atom is -0.493 e. The number of nitrogens with zero attached hydrogens (tertiary/aromatic N) is 2. The predicted molar refractivity (Wildman–Crippen MR) is 134 cm³/mol. The van der Waals surface area contributed by atoms with Crippen LogP contribution in [0, 0.1) is 0 Å². The predicted octanol–water partition coefficient (Wildman–Crippen LogP) is 5.05. The zero-order valence-corrected chi connectivity index (χ0v) is 19.8. The Kier molecular flexibility index (Phi) is 6.75. The summed E-state index contributed by atoms with van der Waals surface area (Å²) in [6.45, 7) is 2.73. The minimum atomic E-state index is -1.07. The van der Waals surface area contributed by atoms with Crippen LogP contribution in [0.3, 0.4) is 0 Å². The number of rotatable bonds is 10. The molecule has 5 rings (SSSR count). The second-order valence-electron chi connectivity index (χ2n) is 8.19. The SMILES string of the molecule is CCOc1ccccc1-c1cc(-c2cc3c(cc2OCC(=O)O)OCO3)nn1CCc1ccccc1. The van der Waals surface area contributed by atoms with Crippen molar-refractivity contribution in [2.75, 3.05) is 20.0 Å². The molecule has 0 fully saturated rings. The third-order valence-electron chi connectivity index (χ3n) is 5.80. The molecule has 0 aliphatic carbocycles. The molecule has 0 saturated carbocycles. The van der Waals surface area contributed by atoms with Gasteiger partial charge >= 0.3 is 5.97 Å². The van der Waals surface area contributed by atoms with Gasteiger partial charge < -0.3 is 24.1 Å². The molecule has 0 atom stereocenters. The summed E-state index contributed by atoms with van der Waals surface area (Å²) in [4.78, 5) is 11.2. The van der Waals surface area contributed by atoms with Gasteiger partial charge in [0.25, 0.3) is 0 Å². The van der Waals surface area contributed by atoms with Gasteiger partial charge in [-0.3, -0.25) is 4.68 Å². The number of carboxylic acid groups (broad SMARTS) is 1. The summed E-state index contributed by atoms with van der Waals surface area (Å²) in [5, 5.41) is 14.1. The van der Waals surface area contributed by atoms with E-state index in [2.05, 4.69) is 12.1 Å². The molecule has 8 heteroatoms. The van der Waals surface area contributed by atoms with Crippen LogP contribution in [0.5, 0.6) is 23.0 Å². The van der Waals surface area contributed by atoms with E-state index in [1.807, 2.05) is 60.1 Å². The number of aromatic nitrogens is 2. The first-order chi connectivity index (χ1) is 17.6. The summed E-state index contributed by atoms with van der Waals surface area (Å²) < 4.78 is 24.5. The lowest BCUT2D eigenvalue weighted by atomic mass is 10.1. The highest BCUT2D eigenvalue weighted by Crippen LogP contribution is 2.43. The molecule has 3 aromatic carbocycles. The number of para-hydroxylation sites is 1. The summed E-state index contributed by atoms with van der Waals surface area (Å²) in [5.41, 5.74) is 4.25. The standard InChI is InChI=1S/C28H26N2O6/c1-2-33-24-11-7-6-10-20(24)23-15-22(29-30(23)13-12-19-8-4-3-5-9-19)21-14-26-27(36-18-35-26)16-25(21)34-17-28(31)32/h3-11,14-16H,2,12-13,17-18H2,1H3,(H,31,32). The van der Waals surface area contributed by atoms with Crippen LogP contribution >= 0.6 is 0 Å². The fourth-order valence-corrected chi connectivity index (χ4v) is 4.16. The van der Waals surface area contributed by atoms with E-state index in [9.17, 15) is 9.90 Å². The molecule has 1 aliphatic rings. The van der Waals surface area contributed by atoms with Crippen molar-refractivity contribution in [2.24, 2.45) is 0 Å². The molecule has 4 aromatic rings. The van der Waals surface area contributed by atoms with Crippen LogP contribution in [0.15, 0.2) is 72.8 Å². The second kappa shape index (κ2) is 10.4. The van der Waals surface area contributed by atoms with Gasteiger partial charge in [-0.1, -0.05) is 42.5 Å². The van der Waals surface area contributed by atoms with Gasteiger partial charge in [0.2, 0.25) is 6.79 Å². The van der Waals surface area contributed by atoms with Gasteiger partial charge in [0, 0.05) is 23.7 Å². The summed E-state index contributed by atoms with van der Waals surface area (Å²) in [6, 6.07) is 23.5. The number of benzene rings is 3. The van der Waals surface area contributed by atoms with E-state index in [0.29, 0.717) is 41.7 Å². The fraction of sp³-hybridized carbons (Fsp3) is 0.214. The average molecular weight is 487 g/mol. The van der Waals surface area contributed by atoms with Crippen LogP contribution in [0.25, 0.3) is 22.5 Å². The van der Waals surface area contributed by atoms with Crippen molar-refractivity contribution < 1.29 is 28.8 Å². The molecule has 1 N–H and O–H groups in total. The molecule has 2 heterocycles. The van der Waals surface area contributed by atoms with Gasteiger partial charge in [0.15, 0.2) is 18.1 Å². The van der Waals surface area contributed by atoms with Gasteiger partial charge in [-0.15, -0.1) is 0 Å². The first-order valence-electron chi connectivity index (χ1n) is 11.7. The minimum absolute atomic E-state index is 0.0929. The van der Waals surface area contributed by atoms with Crippen LogP contribution < -0.4 is 18.9 Å². The van der Waals surface area contributed by atoms with Crippen molar-refractivity contribution in [3.8, 4) is 45.5 Å². The van der Waals surface area contributed by atoms with E-state index < -0.39 is 12.6 Å². The van der Waals surface area contributed by atoms with Gasteiger partial charge in [-0.25, -0.2) is 4.79 Å².